The number of carbonyl (C=O) groups excluding carboxylic acids is 2. The average molecular weight is 333 g/mol. The van der Waals surface area contributed by atoms with Gasteiger partial charge >= 0.3 is 12.1 Å². The first-order valence-corrected chi connectivity index (χ1v) is 7.17. The molecule has 0 saturated heterocycles. The number of amides is 1. The van der Waals surface area contributed by atoms with Gasteiger partial charge in [-0.15, -0.1) is 0 Å². The van der Waals surface area contributed by atoms with E-state index in [1.807, 2.05) is 0 Å². The van der Waals surface area contributed by atoms with Crippen molar-refractivity contribution in [2.24, 2.45) is 0 Å². The quantitative estimate of drug-likeness (QED) is 0.862. The lowest BCUT2D eigenvalue weighted by Crippen LogP contribution is -2.28. The summed E-state index contributed by atoms with van der Waals surface area (Å²) in [7, 11) is 2.73. The van der Waals surface area contributed by atoms with E-state index in [9.17, 15) is 9.59 Å². The van der Waals surface area contributed by atoms with Gasteiger partial charge in [-0.2, -0.15) is 4.98 Å². The second-order valence-corrected chi connectivity index (χ2v) is 5.89. The highest BCUT2D eigenvalue weighted by Crippen LogP contribution is 2.26. The molecule has 0 radical (unpaired) electrons. The van der Waals surface area contributed by atoms with Crippen LogP contribution < -0.4 is 10.1 Å². The van der Waals surface area contributed by atoms with E-state index in [0.717, 1.165) is 0 Å². The second kappa shape index (κ2) is 6.69. The summed E-state index contributed by atoms with van der Waals surface area (Å²) >= 11 is 0. The number of ether oxygens (including phenoxy) is 3. The number of nitrogens with one attached hydrogen (secondary N) is 1. The van der Waals surface area contributed by atoms with Crippen molar-refractivity contribution in [3.63, 3.8) is 0 Å². The molecule has 2 aromatic heterocycles. The molecule has 0 aliphatic rings. The highest BCUT2D eigenvalue weighted by atomic mass is 16.6. The van der Waals surface area contributed by atoms with Gasteiger partial charge in [0.15, 0.2) is 5.65 Å². The summed E-state index contributed by atoms with van der Waals surface area (Å²) in [5.41, 5.74) is -0.0575. The van der Waals surface area contributed by atoms with Gasteiger partial charge in [0.2, 0.25) is 5.88 Å². The SMILES string of the molecule is COC(=O)c1c(NC(=O)OC(C)(C)C)cnc2nc(OC)ccc12. The minimum Gasteiger partial charge on any atom is -0.481 e. The maximum Gasteiger partial charge on any atom is 0.412 e. The number of carbonyl (C=O) groups is 2. The summed E-state index contributed by atoms with van der Waals surface area (Å²) in [5, 5.41) is 2.95. The molecule has 2 heterocycles. The van der Waals surface area contributed by atoms with Crippen LogP contribution in [0.4, 0.5) is 10.5 Å². The molecule has 8 heteroatoms. The predicted octanol–water partition coefficient (Wildman–Crippen LogP) is 2.77. The molecule has 0 unspecified atom stereocenters. The molecule has 24 heavy (non-hydrogen) atoms. The summed E-state index contributed by atoms with van der Waals surface area (Å²) < 4.78 is 15.0. The first-order chi connectivity index (χ1) is 11.2. The Balaban J connectivity index is 2.49. The zero-order chi connectivity index (χ0) is 17.9. The lowest BCUT2D eigenvalue weighted by Gasteiger charge is -2.20. The van der Waals surface area contributed by atoms with Crippen molar-refractivity contribution in [2.45, 2.75) is 26.4 Å². The van der Waals surface area contributed by atoms with Crippen LogP contribution in [0.3, 0.4) is 0 Å². The summed E-state index contributed by atoms with van der Waals surface area (Å²) in [4.78, 5) is 32.5. The van der Waals surface area contributed by atoms with Crippen LogP contribution in [-0.4, -0.2) is 41.9 Å². The maximum absolute atomic E-state index is 12.2. The minimum atomic E-state index is -0.699. The van der Waals surface area contributed by atoms with Gasteiger partial charge in [-0.05, 0) is 26.8 Å². The van der Waals surface area contributed by atoms with E-state index in [4.69, 9.17) is 14.2 Å². The number of hydrogen-bond acceptors (Lipinski definition) is 7. The number of fused-ring (bicyclic) bond motifs is 1. The Hall–Kier alpha value is -2.90. The monoisotopic (exact) mass is 333 g/mol. The topological polar surface area (TPSA) is 99.6 Å². The van der Waals surface area contributed by atoms with Crippen molar-refractivity contribution >= 4 is 28.8 Å². The Labute approximate surface area is 139 Å². The summed E-state index contributed by atoms with van der Waals surface area (Å²) in [5.74, 6) is -0.265. The fourth-order valence-corrected chi connectivity index (χ4v) is 2.00. The van der Waals surface area contributed by atoms with Gasteiger partial charge in [0.05, 0.1) is 31.7 Å². The van der Waals surface area contributed by atoms with E-state index in [-0.39, 0.29) is 11.3 Å². The van der Waals surface area contributed by atoms with Crippen molar-refractivity contribution in [3.8, 4) is 5.88 Å². The van der Waals surface area contributed by atoms with Gasteiger partial charge in [0.25, 0.3) is 0 Å². The highest BCUT2D eigenvalue weighted by molar-refractivity contribution is 6.09. The number of aromatic nitrogens is 2. The van der Waals surface area contributed by atoms with Crippen LogP contribution >= 0.6 is 0 Å². The van der Waals surface area contributed by atoms with Gasteiger partial charge < -0.3 is 14.2 Å². The van der Waals surface area contributed by atoms with Crippen molar-refractivity contribution < 1.29 is 23.8 Å². The zero-order valence-corrected chi connectivity index (χ0v) is 14.2. The lowest BCUT2D eigenvalue weighted by molar-refractivity contribution is 0.0604. The first-order valence-electron chi connectivity index (χ1n) is 7.17. The summed E-state index contributed by atoms with van der Waals surface area (Å²) in [6.07, 6.45) is 0.626. The normalized spacial score (nSPS) is 11.0. The van der Waals surface area contributed by atoms with E-state index in [1.54, 1.807) is 32.9 Å². The molecule has 0 aliphatic carbocycles. The van der Waals surface area contributed by atoms with Crippen molar-refractivity contribution in [3.05, 3.63) is 23.9 Å². The number of pyridine rings is 2. The fourth-order valence-electron chi connectivity index (χ4n) is 2.00. The van der Waals surface area contributed by atoms with Crippen molar-refractivity contribution in [1.29, 1.82) is 0 Å². The maximum atomic E-state index is 12.2. The third-order valence-corrected chi connectivity index (χ3v) is 2.94. The second-order valence-electron chi connectivity index (χ2n) is 5.89. The molecule has 1 N–H and O–H groups in total. The third kappa shape index (κ3) is 3.89. The van der Waals surface area contributed by atoms with Crippen molar-refractivity contribution in [1.82, 2.24) is 9.97 Å². The molecule has 0 aromatic carbocycles. The van der Waals surface area contributed by atoms with Crippen LogP contribution in [0.15, 0.2) is 18.3 Å². The number of methoxy groups -OCH3 is 2. The molecule has 0 fully saturated rings. The predicted molar refractivity (Wildman–Crippen MR) is 87.3 cm³/mol. The van der Waals surface area contributed by atoms with E-state index < -0.39 is 17.7 Å². The van der Waals surface area contributed by atoms with Crippen LogP contribution in [-0.2, 0) is 9.47 Å². The lowest BCUT2D eigenvalue weighted by atomic mass is 10.1. The van der Waals surface area contributed by atoms with Gasteiger partial charge in [-0.1, -0.05) is 0 Å². The fraction of sp³-hybridized carbons (Fsp3) is 0.375. The van der Waals surface area contributed by atoms with Crippen LogP contribution in [0.25, 0.3) is 11.0 Å². The van der Waals surface area contributed by atoms with Gasteiger partial charge in [0, 0.05) is 11.5 Å². The largest absolute Gasteiger partial charge is 0.481 e. The Morgan fingerprint density at radius 1 is 1.17 bits per heavy atom. The van der Waals surface area contributed by atoms with Crippen LogP contribution in [0, 0.1) is 0 Å². The Morgan fingerprint density at radius 2 is 1.88 bits per heavy atom. The molecule has 8 nitrogen and oxygen atoms in total. The zero-order valence-electron chi connectivity index (χ0n) is 14.2. The molecule has 0 spiro atoms. The Bertz CT molecular complexity index is 783. The molecule has 2 aromatic rings. The number of nitrogens with zero attached hydrogens (tertiary/aromatic N) is 2. The first kappa shape index (κ1) is 17.5. The number of hydrogen-bond donors (Lipinski definition) is 1. The molecule has 0 bridgehead atoms. The summed E-state index contributed by atoms with van der Waals surface area (Å²) in [6, 6.07) is 3.22. The average Bonchev–Trinajstić information content (AvgIpc) is 2.51. The number of anilines is 1. The smallest absolute Gasteiger partial charge is 0.412 e. The van der Waals surface area contributed by atoms with E-state index in [0.29, 0.717) is 16.9 Å². The third-order valence-electron chi connectivity index (χ3n) is 2.94. The highest BCUT2D eigenvalue weighted by Gasteiger charge is 2.22. The van der Waals surface area contributed by atoms with Gasteiger partial charge in [-0.25, -0.2) is 14.6 Å². The van der Waals surface area contributed by atoms with E-state index in [2.05, 4.69) is 15.3 Å². The molecule has 1 amide bonds. The van der Waals surface area contributed by atoms with E-state index in [1.165, 1.54) is 20.4 Å². The van der Waals surface area contributed by atoms with Crippen LogP contribution in [0.1, 0.15) is 31.1 Å². The van der Waals surface area contributed by atoms with E-state index >= 15 is 0 Å². The molecule has 0 saturated carbocycles. The molecule has 128 valence electrons. The molecule has 0 aliphatic heterocycles. The van der Waals surface area contributed by atoms with Gasteiger partial charge in [-0.3, -0.25) is 5.32 Å². The van der Waals surface area contributed by atoms with Gasteiger partial charge in [0.1, 0.15) is 5.60 Å². The summed E-state index contributed by atoms with van der Waals surface area (Å²) in [6.45, 7) is 5.22. The Kier molecular flexibility index (Phi) is 4.87. The Morgan fingerprint density at radius 3 is 2.46 bits per heavy atom. The van der Waals surface area contributed by atoms with Crippen LogP contribution in [0.5, 0.6) is 5.88 Å². The molecular formula is C16H19N3O5. The standard InChI is InChI=1S/C16H19N3O5/c1-16(2,3)24-15(21)18-10-8-17-13-9(12(10)14(20)23-5)6-7-11(19-13)22-4/h6-8H,1-5H3,(H,18,21). The van der Waals surface area contributed by atoms with Crippen molar-refractivity contribution in [2.75, 3.05) is 19.5 Å². The molecule has 2 rings (SSSR count). The minimum absolute atomic E-state index is 0.142. The number of esters is 1. The van der Waals surface area contributed by atoms with Crippen LogP contribution in [0.2, 0.25) is 0 Å². The number of rotatable bonds is 3. The molecule has 0 atom stereocenters. The molecular weight excluding hydrogens is 314 g/mol.